The van der Waals surface area contributed by atoms with E-state index >= 15 is 0 Å². The number of nitrogens with zero attached hydrogens (tertiary/aromatic N) is 3. The number of carbonyl (C=O) groups is 2. The van der Waals surface area contributed by atoms with Gasteiger partial charge in [-0.25, -0.2) is 4.98 Å². The first-order chi connectivity index (χ1) is 12.6. The van der Waals surface area contributed by atoms with E-state index in [9.17, 15) is 9.59 Å². The Bertz CT molecular complexity index is 810. The molecule has 1 atom stereocenters. The maximum Gasteiger partial charge on any atom is 0.276 e. The number of carbonyl (C=O) groups excluding carboxylic acids is 2. The highest BCUT2D eigenvalue weighted by Gasteiger charge is 2.34. The summed E-state index contributed by atoms with van der Waals surface area (Å²) in [7, 11) is 0. The lowest BCUT2D eigenvalue weighted by molar-refractivity contribution is 0.0730. The third kappa shape index (κ3) is 3.27. The van der Waals surface area contributed by atoms with Gasteiger partial charge in [0.1, 0.15) is 5.76 Å². The molecule has 2 aromatic rings. The molecule has 8 heteroatoms. The highest BCUT2D eigenvalue weighted by molar-refractivity contribution is 7.99. The Balaban J connectivity index is 1.52. The number of aromatic nitrogens is 1. The standard InChI is InChI=1S/C18H21N3O3S2/c1-12-16(19-11-24-12)18(23)21-6-2-3-13(21)14-4-5-15(26-14)17(22)20-7-9-25-10-8-20/h4-5,11,13H,2-3,6-10H2,1H3/t13-/m0/s1. The van der Waals surface area contributed by atoms with Crippen LogP contribution in [0.3, 0.4) is 0 Å². The van der Waals surface area contributed by atoms with Gasteiger partial charge >= 0.3 is 0 Å². The third-order valence-electron chi connectivity index (χ3n) is 4.93. The molecule has 2 saturated heterocycles. The summed E-state index contributed by atoms with van der Waals surface area (Å²) < 4.78 is 5.18. The van der Waals surface area contributed by atoms with E-state index in [2.05, 4.69) is 4.98 Å². The zero-order valence-electron chi connectivity index (χ0n) is 14.6. The minimum Gasteiger partial charge on any atom is -0.448 e. The van der Waals surface area contributed by atoms with E-state index in [1.165, 1.54) is 17.7 Å². The Morgan fingerprint density at radius 2 is 2.00 bits per heavy atom. The van der Waals surface area contributed by atoms with Gasteiger partial charge < -0.3 is 14.2 Å². The molecule has 0 aliphatic carbocycles. The van der Waals surface area contributed by atoms with Crippen molar-refractivity contribution in [2.24, 2.45) is 0 Å². The molecular formula is C18H21N3O3S2. The fraction of sp³-hybridized carbons (Fsp3) is 0.500. The van der Waals surface area contributed by atoms with Gasteiger partial charge in [0.15, 0.2) is 12.1 Å². The smallest absolute Gasteiger partial charge is 0.276 e. The predicted octanol–water partition coefficient (Wildman–Crippen LogP) is 3.21. The highest BCUT2D eigenvalue weighted by Crippen LogP contribution is 2.37. The molecule has 2 amide bonds. The van der Waals surface area contributed by atoms with Crippen molar-refractivity contribution < 1.29 is 14.0 Å². The first-order valence-corrected chi connectivity index (χ1v) is 10.8. The summed E-state index contributed by atoms with van der Waals surface area (Å²) >= 11 is 3.41. The van der Waals surface area contributed by atoms with Crippen molar-refractivity contribution in [2.75, 3.05) is 31.1 Å². The molecule has 6 nitrogen and oxygen atoms in total. The van der Waals surface area contributed by atoms with Crippen molar-refractivity contribution >= 4 is 34.9 Å². The van der Waals surface area contributed by atoms with E-state index < -0.39 is 0 Å². The SMILES string of the molecule is Cc1ocnc1C(=O)N1CCC[C@H]1c1ccc(C(=O)N2CCSCC2)s1. The predicted molar refractivity (Wildman–Crippen MR) is 102 cm³/mol. The lowest BCUT2D eigenvalue weighted by Gasteiger charge is -2.26. The largest absolute Gasteiger partial charge is 0.448 e. The molecule has 0 spiro atoms. The normalized spacial score (nSPS) is 20.6. The van der Waals surface area contributed by atoms with Crippen LogP contribution in [0.2, 0.25) is 0 Å². The Hall–Kier alpha value is -1.80. The van der Waals surface area contributed by atoms with Crippen LogP contribution in [0.1, 0.15) is 49.7 Å². The van der Waals surface area contributed by atoms with Gasteiger partial charge in [0, 0.05) is 36.0 Å². The number of aryl methyl sites for hydroxylation is 1. The molecule has 138 valence electrons. The molecule has 0 aromatic carbocycles. The van der Waals surface area contributed by atoms with E-state index in [1.807, 2.05) is 33.7 Å². The molecule has 2 aliphatic rings. The summed E-state index contributed by atoms with van der Waals surface area (Å²) in [5.41, 5.74) is 0.385. The van der Waals surface area contributed by atoms with Crippen LogP contribution in [-0.2, 0) is 0 Å². The van der Waals surface area contributed by atoms with Crippen molar-refractivity contribution in [3.63, 3.8) is 0 Å². The topological polar surface area (TPSA) is 66.7 Å². The molecular weight excluding hydrogens is 370 g/mol. The minimum absolute atomic E-state index is 0.0158. The average molecular weight is 392 g/mol. The number of thioether (sulfide) groups is 1. The summed E-state index contributed by atoms with van der Waals surface area (Å²) in [6.45, 7) is 4.09. The van der Waals surface area contributed by atoms with Gasteiger partial charge in [0.25, 0.3) is 11.8 Å². The third-order valence-corrected chi connectivity index (χ3v) is 7.04. The second-order valence-electron chi connectivity index (χ2n) is 6.52. The van der Waals surface area contributed by atoms with E-state index in [-0.39, 0.29) is 17.9 Å². The first kappa shape index (κ1) is 17.6. The summed E-state index contributed by atoms with van der Waals surface area (Å²) in [5, 5.41) is 0. The first-order valence-electron chi connectivity index (χ1n) is 8.83. The number of hydrogen-bond donors (Lipinski definition) is 0. The van der Waals surface area contributed by atoms with Crippen molar-refractivity contribution in [2.45, 2.75) is 25.8 Å². The minimum atomic E-state index is -0.0897. The number of likely N-dealkylation sites (tertiary alicyclic amines) is 1. The van der Waals surface area contributed by atoms with Crippen LogP contribution >= 0.6 is 23.1 Å². The lowest BCUT2D eigenvalue weighted by atomic mass is 10.1. The van der Waals surface area contributed by atoms with Gasteiger partial charge in [-0.05, 0) is 31.9 Å². The Morgan fingerprint density at radius 1 is 1.19 bits per heavy atom. The summed E-state index contributed by atoms with van der Waals surface area (Å²) in [6, 6.07) is 3.93. The van der Waals surface area contributed by atoms with Crippen LogP contribution in [0.5, 0.6) is 0 Å². The van der Waals surface area contributed by atoms with Crippen molar-refractivity contribution in [1.29, 1.82) is 0 Å². The average Bonchev–Trinajstić information content (AvgIpc) is 3.41. The molecule has 2 fully saturated rings. The Kier molecular flexibility index (Phi) is 5.04. The second-order valence-corrected chi connectivity index (χ2v) is 8.86. The van der Waals surface area contributed by atoms with Gasteiger partial charge in [0.2, 0.25) is 0 Å². The van der Waals surface area contributed by atoms with Gasteiger partial charge in [-0.1, -0.05) is 0 Å². The zero-order valence-corrected chi connectivity index (χ0v) is 16.3. The van der Waals surface area contributed by atoms with Crippen LogP contribution in [0, 0.1) is 6.92 Å². The number of rotatable bonds is 3. The van der Waals surface area contributed by atoms with E-state index in [1.54, 1.807) is 6.92 Å². The van der Waals surface area contributed by atoms with E-state index in [4.69, 9.17) is 4.42 Å². The van der Waals surface area contributed by atoms with Gasteiger partial charge in [0.05, 0.1) is 10.9 Å². The lowest BCUT2D eigenvalue weighted by Crippen LogP contribution is -2.37. The fourth-order valence-corrected chi connectivity index (χ4v) is 5.55. The van der Waals surface area contributed by atoms with E-state index in [0.717, 1.165) is 47.2 Å². The van der Waals surface area contributed by atoms with Crippen LogP contribution < -0.4 is 0 Å². The van der Waals surface area contributed by atoms with E-state index in [0.29, 0.717) is 18.0 Å². The highest BCUT2D eigenvalue weighted by atomic mass is 32.2. The van der Waals surface area contributed by atoms with Crippen LogP contribution in [0.15, 0.2) is 22.9 Å². The van der Waals surface area contributed by atoms with Gasteiger partial charge in [-0.15, -0.1) is 11.3 Å². The second kappa shape index (κ2) is 7.44. The van der Waals surface area contributed by atoms with Crippen molar-refractivity contribution in [3.05, 3.63) is 39.7 Å². The molecule has 0 saturated carbocycles. The van der Waals surface area contributed by atoms with Gasteiger partial charge in [-0.2, -0.15) is 11.8 Å². The fourth-order valence-electron chi connectivity index (χ4n) is 3.52. The molecule has 0 unspecified atom stereocenters. The zero-order chi connectivity index (χ0) is 18.1. The molecule has 4 rings (SSSR count). The summed E-state index contributed by atoms with van der Waals surface area (Å²) in [6.07, 6.45) is 3.18. The van der Waals surface area contributed by atoms with Gasteiger partial charge in [-0.3, -0.25) is 9.59 Å². The molecule has 26 heavy (non-hydrogen) atoms. The Morgan fingerprint density at radius 3 is 2.73 bits per heavy atom. The summed E-state index contributed by atoms with van der Waals surface area (Å²) in [5.74, 6) is 2.58. The maximum atomic E-state index is 12.8. The number of thiophene rings is 1. The molecule has 2 aromatic heterocycles. The molecule has 2 aliphatic heterocycles. The quantitative estimate of drug-likeness (QED) is 0.804. The Labute approximate surface area is 160 Å². The number of hydrogen-bond acceptors (Lipinski definition) is 6. The molecule has 0 N–H and O–H groups in total. The van der Waals surface area contributed by atoms with Crippen LogP contribution in [0.4, 0.5) is 0 Å². The number of amides is 2. The number of oxazole rings is 1. The van der Waals surface area contributed by atoms with Crippen LogP contribution in [-0.4, -0.2) is 57.7 Å². The monoisotopic (exact) mass is 391 g/mol. The molecule has 0 radical (unpaired) electrons. The van der Waals surface area contributed by atoms with Crippen molar-refractivity contribution in [3.8, 4) is 0 Å². The summed E-state index contributed by atoms with van der Waals surface area (Å²) in [4.78, 5) is 35.2. The molecule has 4 heterocycles. The molecule has 0 bridgehead atoms. The van der Waals surface area contributed by atoms with Crippen LogP contribution in [0.25, 0.3) is 0 Å². The van der Waals surface area contributed by atoms with Crippen molar-refractivity contribution in [1.82, 2.24) is 14.8 Å². The maximum absolute atomic E-state index is 12.8.